The number of aliphatic hydroxyl groups is 1. The standard InChI is InChI=1S/C24H35NO5/c1-4-21(27)30-23(2,29-3)20-11-10-18(14-20)22(28)25-24(16-26)13-12-19(15-24)17-8-6-5-7-9-17/h5-9,18-20,26H,4,10-16H2,1-3H3,(H,25,28). The van der Waals surface area contributed by atoms with Crippen LogP contribution < -0.4 is 5.32 Å². The molecule has 2 aliphatic carbocycles. The van der Waals surface area contributed by atoms with Gasteiger partial charge < -0.3 is 19.9 Å². The molecular weight excluding hydrogens is 382 g/mol. The molecule has 5 atom stereocenters. The average molecular weight is 418 g/mol. The van der Waals surface area contributed by atoms with E-state index in [1.807, 2.05) is 18.2 Å². The summed E-state index contributed by atoms with van der Waals surface area (Å²) in [5.74, 6) is -1.17. The highest BCUT2D eigenvalue weighted by molar-refractivity contribution is 5.80. The maximum absolute atomic E-state index is 13.1. The van der Waals surface area contributed by atoms with Gasteiger partial charge >= 0.3 is 5.97 Å². The first-order valence-corrected chi connectivity index (χ1v) is 11.1. The number of rotatable bonds is 8. The van der Waals surface area contributed by atoms with Crippen LogP contribution >= 0.6 is 0 Å². The second kappa shape index (κ2) is 9.48. The van der Waals surface area contributed by atoms with E-state index in [2.05, 4.69) is 17.4 Å². The van der Waals surface area contributed by atoms with Crippen molar-refractivity contribution in [1.82, 2.24) is 5.32 Å². The SMILES string of the molecule is CCC(=O)OC(C)(OC)C1CCC(C(=O)NC2(CO)CCC(c3ccccc3)C2)C1. The topological polar surface area (TPSA) is 84.9 Å². The molecular formula is C24H35NO5. The van der Waals surface area contributed by atoms with Gasteiger partial charge in [-0.3, -0.25) is 9.59 Å². The molecule has 2 aliphatic rings. The Balaban J connectivity index is 1.61. The van der Waals surface area contributed by atoms with E-state index in [1.165, 1.54) is 5.56 Å². The molecule has 1 aromatic rings. The molecule has 1 amide bonds. The van der Waals surface area contributed by atoms with Crippen LogP contribution in [0.3, 0.4) is 0 Å². The molecule has 0 spiro atoms. The molecule has 0 aliphatic heterocycles. The van der Waals surface area contributed by atoms with Gasteiger partial charge in [0.15, 0.2) is 0 Å². The monoisotopic (exact) mass is 417 g/mol. The lowest BCUT2D eigenvalue weighted by Gasteiger charge is -2.34. The Morgan fingerprint density at radius 1 is 1.23 bits per heavy atom. The molecule has 5 unspecified atom stereocenters. The maximum Gasteiger partial charge on any atom is 0.308 e. The number of aliphatic hydroxyl groups excluding tert-OH is 1. The number of carbonyl (C=O) groups excluding carboxylic acids is 2. The molecule has 6 heteroatoms. The van der Waals surface area contributed by atoms with E-state index in [9.17, 15) is 14.7 Å². The summed E-state index contributed by atoms with van der Waals surface area (Å²) in [7, 11) is 1.54. The van der Waals surface area contributed by atoms with E-state index in [1.54, 1.807) is 21.0 Å². The van der Waals surface area contributed by atoms with Crippen LogP contribution in [0.4, 0.5) is 0 Å². The summed E-state index contributed by atoms with van der Waals surface area (Å²) in [5, 5.41) is 13.3. The molecule has 2 fully saturated rings. The van der Waals surface area contributed by atoms with Crippen LogP contribution in [-0.2, 0) is 19.1 Å². The van der Waals surface area contributed by atoms with Crippen LogP contribution in [0.25, 0.3) is 0 Å². The predicted octanol–water partition coefficient (Wildman–Crippen LogP) is 3.53. The normalized spacial score (nSPS) is 30.6. The summed E-state index contributed by atoms with van der Waals surface area (Å²) in [6.45, 7) is 3.48. The van der Waals surface area contributed by atoms with Crippen molar-refractivity contribution in [2.24, 2.45) is 11.8 Å². The number of hydrogen-bond acceptors (Lipinski definition) is 5. The Morgan fingerprint density at radius 3 is 2.60 bits per heavy atom. The Hall–Kier alpha value is -1.92. The zero-order valence-corrected chi connectivity index (χ0v) is 18.4. The minimum absolute atomic E-state index is 0.0134. The van der Waals surface area contributed by atoms with E-state index in [-0.39, 0.29) is 36.7 Å². The van der Waals surface area contributed by atoms with Crippen molar-refractivity contribution in [3.8, 4) is 0 Å². The Kier molecular flexibility index (Phi) is 7.19. The van der Waals surface area contributed by atoms with Crippen LogP contribution in [0, 0.1) is 11.8 Å². The fourth-order valence-corrected chi connectivity index (χ4v) is 5.08. The van der Waals surface area contributed by atoms with Crippen LogP contribution in [0.2, 0.25) is 0 Å². The van der Waals surface area contributed by atoms with Gasteiger partial charge in [-0.2, -0.15) is 0 Å². The number of benzene rings is 1. The minimum Gasteiger partial charge on any atom is -0.433 e. The van der Waals surface area contributed by atoms with E-state index < -0.39 is 11.3 Å². The first kappa shape index (κ1) is 22.8. The second-order valence-corrected chi connectivity index (χ2v) is 9.03. The smallest absolute Gasteiger partial charge is 0.308 e. The molecule has 0 bridgehead atoms. The minimum atomic E-state index is -1.01. The lowest BCUT2D eigenvalue weighted by atomic mass is 9.91. The molecule has 6 nitrogen and oxygen atoms in total. The van der Waals surface area contributed by atoms with E-state index in [0.717, 1.165) is 32.1 Å². The molecule has 2 N–H and O–H groups in total. The Bertz CT molecular complexity index is 738. The van der Waals surface area contributed by atoms with Gasteiger partial charge in [-0.05, 0) is 50.0 Å². The van der Waals surface area contributed by atoms with Crippen molar-refractivity contribution < 1.29 is 24.2 Å². The maximum atomic E-state index is 13.1. The van der Waals surface area contributed by atoms with Gasteiger partial charge in [0.2, 0.25) is 11.7 Å². The van der Waals surface area contributed by atoms with Gasteiger partial charge in [0.1, 0.15) is 0 Å². The van der Waals surface area contributed by atoms with Crippen molar-refractivity contribution >= 4 is 11.9 Å². The Labute approximate surface area is 179 Å². The molecule has 0 aromatic heterocycles. The first-order chi connectivity index (χ1) is 14.3. The lowest BCUT2D eigenvalue weighted by molar-refractivity contribution is -0.235. The molecule has 1 aromatic carbocycles. The van der Waals surface area contributed by atoms with Gasteiger partial charge in [0.05, 0.1) is 12.1 Å². The zero-order valence-electron chi connectivity index (χ0n) is 18.4. The molecule has 3 rings (SSSR count). The second-order valence-electron chi connectivity index (χ2n) is 9.03. The summed E-state index contributed by atoms with van der Waals surface area (Å²) in [6, 6.07) is 10.3. The fraction of sp³-hybridized carbons (Fsp3) is 0.667. The van der Waals surface area contributed by atoms with Gasteiger partial charge in [0, 0.05) is 32.3 Å². The Morgan fingerprint density at radius 2 is 1.97 bits per heavy atom. The predicted molar refractivity (Wildman–Crippen MR) is 114 cm³/mol. The van der Waals surface area contributed by atoms with Gasteiger partial charge in [-0.1, -0.05) is 37.3 Å². The summed E-state index contributed by atoms with van der Waals surface area (Å²) >= 11 is 0. The molecule has 30 heavy (non-hydrogen) atoms. The fourth-order valence-electron chi connectivity index (χ4n) is 5.08. The quantitative estimate of drug-likeness (QED) is 0.499. The third-order valence-electron chi connectivity index (χ3n) is 7.13. The number of methoxy groups -OCH3 is 1. The highest BCUT2D eigenvalue weighted by Gasteiger charge is 2.46. The van der Waals surface area contributed by atoms with E-state index in [0.29, 0.717) is 12.3 Å². The molecule has 2 saturated carbocycles. The van der Waals surface area contributed by atoms with Gasteiger partial charge in [-0.15, -0.1) is 0 Å². The van der Waals surface area contributed by atoms with Crippen LogP contribution in [-0.4, -0.2) is 42.0 Å². The number of carbonyl (C=O) groups is 2. The van der Waals surface area contributed by atoms with Crippen molar-refractivity contribution in [1.29, 1.82) is 0 Å². The number of ether oxygens (including phenoxy) is 2. The summed E-state index contributed by atoms with van der Waals surface area (Å²) < 4.78 is 11.1. The van der Waals surface area contributed by atoms with E-state index >= 15 is 0 Å². The summed E-state index contributed by atoms with van der Waals surface area (Å²) in [5.41, 5.74) is 0.700. The van der Waals surface area contributed by atoms with E-state index in [4.69, 9.17) is 9.47 Å². The van der Waals surface area contributed by atoms with Crippen molar-refractivity contribution in [2.75, 3.05) is 13.7 Å². The van der Waals surface area contributed by atoms with Crippen LogP contribution in [0.15, 0.2) is 30.3 Å². The lowest BCUT2D eigenvalue weighted by Crippen LogP contribution is -2.51. The van der Waals surface area contributed by atoms with Crippen LogP contribution in [0.5, 0.6) is 0 Å². The van der Waals surface area contributed by atoms with Crippen LogP contribution in [0.1, 0.15) is 70.3 Å². The zero-order chi connectivity index (χ0) is 21.8. The molecule has 0 heterocycles. The third kappa shape index (κ3) is 4.86. The highest BCUT2D eigenvalue weighted by Crippen LogP contribution is 2.43. The largest absolute Gasteiger partial charge is 0.433 e. The highest BCUT2D eigenvalue weighted by atomic mass is 16.7. The van der Waals surface area contributed by atoms with Crippen molar-refractivity contribution in [3.63, 3.8) is 0 Å². The molecule has 166 valence electrons. The van der Waals surface area contributed by atoms with Gasteiger partial charge in [0.25, 0.3) is 0 Å². The first-order valence-electron chi connectivity index (χ1n) is 11.1. The summed E-state index contributed by atoms with van der Waals surface area (Å²) in [6.07, 6.45) is 4.86. The number of hydrogen-bond donors (Lipinski definition) is 2. The third-order valence-corrected chi connectivity index (χ3v) is 7.13. The van der Waals surface area contributed by atoms with Gasteiger partial charge in [-0.25, -0.2) is 0 Å². The average Bonchev–Trinajstić information content (AvgIpc) is 3.43. The van der Waals surface area contributed by atoms with Crippen molar-refractivity contribution in [3.05, 3.63) is 35.9 Å². The molecule has 0 radical (unpaired) electrons. The number of esters is 1. The number of amides is 1. The molecule has 0 saturated heterocycles. The van der Waals surface area contributed by atoms with Crippen molar-refractivity contribution in [2.45, 2.75) is 76.0 Å². The summed E-state index contributed by atoms with van der Waals surface area (Å²) in [4.78, 5) is 24.9. The number of nitrogens with one attached hydrogen (secondary N) is 1.